The summed E-state index contributed by atoms with van der Waals surface area (Å²) in [5, 5.41) is 6.06. The van der Waals surface area contributed by atoms with Gasteiger partial charge in [-0.15, -0.1) is 11.3 Å². The molecule has 1 N–H and O–H groups in total. The molecular formula is C19H22N2O3S. The van der Waals surface area contributed by atoms with Gasteiger partial charge in [0.25, 0.3) is 0 Å². The molecule has 2 aliphatic rings. The molecule has 1 aromatic carbocycles. The normalized spacial score (nSPS) is 18.1. The Kier molecular flexibility index (Phi) is 4.37. The highest BCUT2D eigenvalue weighted by molar-refractivity contribution is 7.09. The number of benzene rings is 1. The van der Waals surface area contributed by atoms with Crippen molar-refractivity contribution in [3.05, 3.63) is 39.8 Å². The molecule has 0 saturated heterocycles. The molecular weight excluding hydrogens is 336 g/mol. The summed E-state index contributed by atoms with van der Waals surface area (Å²) in [6, 6.07) is 5.94. The summed E-state index contributed by atoms with van der Waals surface area (Å²) in [6.07, 6.45) is 3.88. The molecule has 1 aliphatic carbocycles. The molecule has 132 valence electrons. The third-order valence-electron chi connectivity index (χ3n) is 5.05. The molecule has 0 atom stereocenters. The maximum absolute atomic E-state index is 13.1. The number of aryl methyl sites for hydroxylation is 1. The van der Waals surface area contributed by atoms with Crippen LogP contribution in [-0.2, 0) is 16.8 Å². The van der Waals surface area contributed by atoms with Crippen molar-refractivity contribution < 1.29 is 14.3 Å². The number of carbonyl (C=O) groups excluding carboxylic acids is 1. The zero-order chi connectivity index (χ0) is 17.3. The van der Waals surface area contributed by atoms with Crippen LogP contribution in [0.2, 0.25) is 0 Å². The predicted octanol–water partition coefficient (Wildman–Crippen LogP) is 3.35. The lowest BCUT2D eigenvalue weighted by Crippen LogP contribution is -2.42. The third kappa shape index (κ3) is 3.11. The standard InChI is InChI=1S/C19H22N2O3S/c1-13-12-25-17(21-13)11-20-18(22)19(6-2-3-7-19)14-4-5-15-16(10-14)24-9-8-23-15/h4-5,10,12H,2-3,6-9,11H2,1H3,(H,20,22). The van der Waals surface area contributed by atoms with Crippen LogP contribution in [0.1, 0.15) is 41.9 Å². The molecule has 1 aromatic heterocycles. The average molecular weight is 358 g/mol. The number of amides is 1. The number of aromatic nitrogens is 1. The number of nitrogens with zero attached hydrogens (tertiary/aromatic N) is 1. The summed E-state index contributed by atoms with van der Waals surface area (Å²) < 4.78 is 11.3. The van der Waals surface area contributed by atoms with Crippen LogP contribution in [0.15, 0.2) is 23.6 Å². The molecule has 4 rings (SSSR count). The Balaban J connectivity index is 1.57. The Morgan fingerprint density at radius 3 is 2.72 bits per heavy atom. The van der Waals surface area contributed by atoms with Crippen LogP contribution in [-0.4, -0.2) is 24.1 Å². The molecule has 25 heavy (non-hydrogen) atoms. The smallest absolute Gasteiger partial charge is 0.231 e. The summed E-state index contributed by atoms with van der Waals surface area (Å²) in [5.74, 6) is 1.61. The minimum Gasteiger partial charge on any atom is -0.486 e. The van der Waals surface area contributed by atoms with E-state index in [1.54, 1.807) is 11.3 Å². The van der Waals surface area contributed by atoms with E-state index in [9.17, 15) is 4.79 Å². The lowest BCUT2D eigenvalue weighted by atomic mass is 9.77. The number of carbonyl (C=O) groups is 1. The summed E-state index contributed by atoms with van der Waals surface area (Å²) in [7, 11) is 0. The fourth-order valence-electron chi connectivity index (χ4n) is 3.78. The first-order valence-corrected chi connectivity index (χ1v) is 9.65. The van der Waals surface area contributed by atoms with Gasteiger partial charge in [-0.3, -0.25) is 4.79 Å². The van der Waals surface area contributed by atoms with Gasteiger partial charge >= 0.3 is 0 Å². The van der Waals surface area contributed by atoms with Crippen molar-refractivity contribution in [1.29, 1.82) is 0 Å². The van der Waals surface area contributed by atoms with Gasteiger partial charge in [-0.1, -0.05) is 18.9 Å². The second-order valence-corrected chi connectivity index (χ2v) is 7.66. The number of ether oxygens (including phenoxy) is 2. The monoisotopic (exact) mass is 358 g/mol. The van der Waals surface area contributed by atoms with E-state index >= 15 is 0 Å². The Morgan fingerprint density at radius 2 is 2.00 bits per heavy atom. The topological polar surface area (TPSA) is 60.5 Å². The van der Waals surface area contributed by atoms with Gasteiger partial charge in [0.05, 0.1) is 12.0 Å². The Morgan fingerprint density at radius 1 is 1.24 bits per heavy atom. The van der Waals surface area contributed by atoms with Crippen LogP contribution in [0.5, 0.6) is 11.5 Å². The largest absolute Gasteiger partial charge is 0.486 e. The number of fused-ring (bicyclic) bond motifs is 1. The number of thiazole rings is 1. The molecule has 1 saturated carbocycles. The van der Waals surface area contributed by atoms with Crippen LogP contribution in [0.25, 0.3) is 0 Å². The van der Waals surface area contributed by atoms with E-state index in [1.807, 2.05) is 30.5 Å². The zero-order valence-corrected chi connectivity index (χ0v) is 15.2. The summed E-state index contributed by atoms with van der Waals surface area (Å²) in [5.41, 5.74) is 1.56. The van der Waals surface area contributed by atoms with Crippen molar-refractivity contribution in [2.75, 3.05) is 13.2 Å². The Hall–Kier alpha value is -2.08. The molecule has 0 radical (unpaired) electrons. The highest BCUT2D eigenvalue weighted by atomic mass is 32.1. The fourth-order valence-corrected chi connectivity index (χ4v) is 4.49. The van der Waals surface area contributed by atoms with Gasteiger partial charge in [0.1, 0.15) is 18.2 Å². The number of hydrogen-bond acceptors (Lipinski definition) is 5. The lowest BCUT2D eigenvalue weighted by Gasteiger charge is -2.29. The Labute approximate surface area is 151 Å². The molecule has 0 bridgehead atoms. The van der Waals surface area contributed by atoms with Crippen LogP contribution < -0.4 is 14.8 Å². The van der Waals surface area contributed by atoms with Gasteiger partial charge in [-0.25, -0.2) is 4.98 Å². The third-order valence-corrected chi connectivity index (χ3v) is 6.02. The molecule has 1 amide bonds. The van der Waals surface area contributed by atoms with E-state index in [4.69, 9.17) is 9.47 Å². The molecule has 6 heteroatoms. The highest BCUT2D eigenvalue weighted by Crippen LogP contribution is 2.44. The van der Waals surface area contributed by atoms with Gasteiger partial charge < -0.3 is 14.8 Å². The summed E-state index contributed by atoms with van der Waals surface area (Å²) in [4.78, 5) is 17.5. The second-order valence-electron chi connectivity index (χ2n) is 6.71. The lowest BCUT2D eigenvalue weighted by molar-refractivity contribution is -0.126. The second kappa shape index (κ2) is 6.67. The van der Waals surface area contributed by atoms with E-state index in [1.165, 1.54) is 0 Å². The molecule has 0 unspecified atom stereocenters. The van der Waals surface area contributed by atoms with E-state index in [0.717, 1.165) is 53.4 Å². The van der Waals surface area contributed by atoms with Gasteiger partial charge in [0.15, 0.2) is 11.5 Å². The molecule has 5 nitrogen and oxygen atoms in total. The molecule has 1 fully saturated rings. The van der Waals surface area contributed by atoms with E-state index in [-0.39, 0.29) is 5.91 Å². The minimum atomic E-state index is -0.470. The van der Waals surface area contributed by atoms with Crippen LogP contribution >= 0.6 is 11.3 Å². The van der Waals surface area contributed by atoms with Gasteiger partial charge in [-0.05, 0) is 37.5 Å². The SMILES string of the molecule is Cc1csc(CNC(=O)C2(c3ccc4c(c3)OCCO4)CCCC2)n1. The first-order chi connectivity index (χ1) is 12.2. The minimum absolute atomic E-state index is 0.0922. The fraction of sp³-hybridized carbons (Fsp3) is 0.474. The highest BCUT2D eigenvalue weighted by Gasteiger charge is 2.43. The van der Waals surface area contributed by atoms with Crippen molar-refractivity contribution in [1.82, 2.24) is 10.3 Å². The summed E-state index contributed by atoms with van der Waals surface area (Å²) in [6.45, 7) is 3.59. The first kappa shape index (κ1) is 16.4. The molecule has 2 aromatic rings. The van der Waals surface area contributed by atoms with Crippen molar-refractivity contribution >= 4 is 17.2 Å². The zero-order valence-electron chi connectivity index (χ0n) is 14.3. The summed E-state index contributed by atoms with van der Waals surface area (Å²) >= 11 is 1.59. The van der Waals surface area contributed by atoms with Crippen molar-refractivity contribution in [2.45, 2.75) is 44.6 Å². The molecule has 1 aliphatic heterocycles. The maximum Gasteiger partial charge on any atom is 0.231 e. The van der Waals surface area contributed by atoms with Gasteiger partial charge in [-0.2, -0.15) is 0 Å². The maximum atomic E-state index is 13.1. The predicted molar refractivity (Wildman–Crippen MR) is 96.3 cm³/mol. The number of hydrogen-bond donors (Lipinski definition) is 1. The van der Waals surface area contributed by atoms with Crippen molar-refractivity contribution in [3.8, 4) is 11.5 Å². The Bertz CT molecular complexity index is 781. The van der Waals surface area contributed by atoms with Gasteiger partial charge in [0.2, 0.25) is 5.91 Å². The van der Waals surface area contributed by atoms with E-state index in [2.05, 4.69) is 10.3 Å². The number of rotatable bonds is 4. The van der Waals surface area contributed by atoms with Crippen LogP contribution in [0.3, 0.4) is 0 Å². The molecule has 2 heterocycles. The van der Waals surface area contributed by atoms with Gasteiger partial charge in [0, 0.05) is 11.1 Å². The van der Waals surface area contributed by atoms with Crippen molar-refractivity contribution in [2.24, 2.45) is 0 Å². The first-order valence-electron chi connectivity index (χ1n) is 8.77. The van der Waals surface area contributed by atoms with E-state index in [0.29, 0.717) is 19.8 Å². The van der Waals surface area contributed by atoms with Crippen molar-refractivity contribution in [3.63, 3.8) is 0 Å². The van der Waals surface area contributed by atoms with E-state index < -0.39 is 5.41 Å². The van der Waals surface area contributed by atoms with Crippen LogP contribution in [0, 0.1) is 6.92 Å². The molecule has 0 spiro atoms. The van der Waals surface area contributed by atoms with Crippen LogP contribution in [0.4, 0.5) is 0 Å². The average Bonchev–Trinajstić information content (AvgIpc) is 3.29. The number of nitrogens with one attached hydrogen (secondary N) is 1. The quantitative estimate of drug-likeness (QED) is 0.910.